The maximum Gasteiger partial charge on any atom is 0.332 e. The molecule has 0 radical (unpaired) electrons. The number of esters is 1. The first kappa shape index (κ1) is 58.8. The van der Waals surface area contributed by atoms with Crippen molar-refractivity contribution in [3.63, 3.8) is 0 Å². The van der Waals surface area contributed by atoms with Crippen LogP contribution in [0.4, 0.5) is 5.69 Å². The Morgan fingerprint density at radius 2 is 1.65 bits per heavy atom. The zero-order chi connectivity index (χ0) is 44.6. The van der Waals surface area contributed by atoms with Gasteiger partial charge in [0, 0.05) is 55.6 Å². The van der Waals surface area contributed by atoms with E-state index in [0.29, 0.717) is 67.8 Å². The molecule has 1 aromatic carbocycles. The molecule has 1 saturated heterocycles. The molecule has 0 aliphatic carbocycles. The van der Waals surface area contributed by atoms with Gasteiger partial charge >= 0.3 is 11.9 Å². The van der Waals surface area contributed by atoms with Gasteiger partial charge in [0.2, 0.25) is 18.7 Å². The first-order valence-corrected chi connectivity index (χ1v) is 19.5. The van der Waals surface area contributed by atoms with Gasteiger partial charge in [-0.15, -0.1) is 0 Å². The molecule has 0 bridgehead atoms. The first-order valence-electron chi connectivity index (χ1n) is 19.5. The molecule has 1 heterocycles. The fourth-order valence-electron chi connectivity index (χ4n) is 3.91. The summed E-state index contributed by atoms with van der Waals surface area (Å²) in [7, 11) is 1.95. The highest BCUT2D eigenvalue weighted by Crippen LogP contribution is 2.21. The minimum absolute atomic E-state index is 0.00656. The summed E-state index contributed by atoms with van der Waals surface area (Å²) >= 11 is 0. The van der Waals surface area contributed by atoms with Crippen molar-refractivity contribution < 1.29 is 53.2 Å². The molecule has 4 amide bonds. The number of aliphatic hydroxyl groups excluding tert-OH is 1. The van der Waals surface area contributed by atoms with Crippen LogP contribution in [0.25, 0.3) is 0 Å². The third kappa shape index (κ3) is 34.1. The van der Waals surface area contributed by atoms with E-state index in [1.165, 1.54) is 19.4 Å². The monoisotopic (exact) mass is 807 g/mol. The van der Waals surface area contributed by atoms with Gasteiger partial charge in [-0.2, -0.15) is 0 Å². The molecule has 2 rings (SSSR count). The summed E-state index contributed by atoms with van der Waals surface area (Å²) in [5.74, 6) is 3.57. The number of hydrogen-bond donors (Lipinski definition) is 5. The van der Waals surface area contributed by atoms with Crippen LogP contribution in [0.3, 0.4) is 0 Å². The van der Waals surface area contributed by atoms with Crippen LogP contribution in [0, 0.1) is 11.8 Å². The number of amides is 4. The van der Waals surface area contributed by atoms with E-state index in [-0.39, 0.29) is 37.8 Å². The zero-order valence-corrected chi connectivity index (χ0v) is 36.0. The number of anilines is 1. The van der Waals surface area contributed by atoms with E-state index in [4.69, 9.17) is 14.6 Å². The number of carbonyl (C=O) groups excluding carboxylic acids is 6. The van der Waals surface area contributed by atoms with Crippen LogP contribution in [0.1, 0.15) is 125 Å². The average Bonchev–Trinajstić information content (AvgIpc) is 3.19. The van der Waals surface area contributed by atoms with Gasteiger partial charge in [0.1, 0.15) is 19.0 Å². The van der Waals surface area contributed by atoms with Crippen molar-refractivity contribution in [3.8, 4) is 11.8 Å². The van der Waals surface area contributed by atoms with Crippen molar-refractivity contribution in [1.29, 1.82) is 0 Å². The van der Waals surface area contributed by atoms with E-state index >= 15 is 0 Å². The van der Waals surface area contributed by atoms with E-state index in [9.17, 15) is 38.7 Å². The van der Waals surface area contributed by atoms with Crippen LogP contribution < -0.4 is 16.0 Å². The molecule has 1 aromatic rings. The Balaban J connectivity index is -0.000000396. The molecule has 324 valence electrons. The van der Waals surface area contributed by atoms with Crippen LogP contribution >= 0.6 is 0 Å². The minimum Gasteiger partial charge on any atom is -0.479 e. The number of unbranched alkanes of at least 4 members (excludes halogenated alkanes) is 2. The van der Waals surface area contributed by atoms with Crippen molar-refractivity contribution in [3.05, 3.63) is 41.5 Å². The molecule has 5 N–H and O–H groups in total. The van der Waals surface area contributed by atoms with E-state index in [1.54, 1.807) is 31.2 Å². The number of nitrogens with one attached hydrogen (secondary N) is 3. The molecule has 15 heteroatoms. The summed E-state index contributed by atoms with van der Waals surface area (Å²) < 4.78 is 10.3. The topological polar surface area (TPSA) is 218 Å². The fourth-order valence-corrected chi connectivity index (χ4v) is 3.91. The minimum atomic E-state index is -1.15. The van der Waals surface area contributed by atoms with Gasteiger partial charge in [0.15, 0.2) is 6.10 Å². The molecule has 1 fully saturated rings. The van der Waals surface area contributed by atoms with Gasteiger partial charge in [-0.1, -0.05) is 92.2 Å². The van der Waals surface area contributed by atoms with Gasteiger partial charge < -0.3 is 40.4 Å². The summed E-state index contributed by atoms with van der Waals surface area (Å²) in [5, 5.41) is 26.8. The van der Waals surface area contributed by atoms with Crippen LogP contribution in [0.5, 0.6) is 0 Å². The largest absolute Gasteiger partial charge is 0.479 e. The lowest BCUT2D eigenvalue weighted by molar-refractivity contribution is -0.161. The highest BCUT2D eigenvalue weighted by Gasteiger charge is 2.31. The van der Waals surface area contributed by atoms with Crippen molar-refractivity contribution in [2.75, 3.05) is 25.5 Å². The van der Waals surface area contributed by atoms with Crippen molar-refractivity contribution in [2.45, 2.75) is 145 Å². The quantitative estimate of drug-likeness (QED) is 0.0481. The molecular formula is C42H70N4O11. The van der Waals surface area contributed by atoms with Gasteiger partial charge in [-0.3, -0.25) is 28.9 Å². The molecule has 0 spiro atoms. The number of carboxylic acid groups (broad SMARTS) is 1. The van der Waals surface area contributed by atoms with Crippen molar-refractivity contribution in [1.82, 2.24) is 15.5 Å². The lowest BCUT2D eigenvalue weighted by Gasteiger charge is -2.27. The van der Waals surface area contributed by atoms with Crippen LogP contribution in [0.15, 0.2) is 30.4 Å². The molecule has 1 aliphatic rings. The molecule has 1 aliphatic heterocycles. The number of aliphatic hydroxyl groups is 1. The Bertz CT molecular complexity index is 1360. The van der Waals surface area contributed by atoms with Crippen LogP contribution in [-0.4, -0.2) is 102 Å². The van der Waals surface area contributed by atoms with E-state index in [1.807, 2.05) is 34.7 Å². The fraction of sp³-hybridized carbons (Fsp3) is 0.595. The highest BCUT2D eigenvalue weighted by atomic mass is 16.5. The molecule has 15 nitrogen and oxygen atoms in total. The Morgan fingerprint density at radius 3 is 2.14 bits per heavy atom. The van der Waals surface area contributed by atoms with Crippen LogP contribution in [0.2, 0.25) is 0 Å². The SMILES string of the molecule is C/C=C\C(=O)N(C=O)CCCCCC(=O)NCC=O.CC.CC.CC(=O)OCc1ccc(NC=O)cc1C#CC1CC(O)CC(C(=O)O)O1.CCC.CNC(C)C. The molecule has 3 atom stereocenters. The number of carbonyl (C=O) groups is 7. The number of benzene rings is 1. The number of rotatable bonds is 16. The zero-order valence-electron chi connectivity index (χ0n) is 36.0. The highest BCUT2D eigenvalue weighted by molar-refractivity contribution is 5.94. The Labute approximate surface area is 340 Å². The lowest BCUT2D eigenvalue weighted by Crippen LogP contribution is -2.39. The molecule has 0 aromatic heterocycles. The second-order valence-electron chi connectivity index (χ2n) is 11.8. The normalized spacial score (nSPS) is 14.7. The number of allylic oxidation sites excluding steroid dienone is 1. The Kier molecular flexibility index (Phi) is 42.0. The van der Waals surface area contributed by atoms with Crippen molar-refractivity contribution in [2.24, 2.45) is 0 Å². The summed E-state index contributed by atoms with van der Waals surface area (Å²) in [5.41, 5.74) is 1.62. The second-order valence-corrected chi connectivity index (χ2v) is 11.8. The lowest BCUT2D eigenvalue weighted by atomic mass is 10.0. The predicted octanol–water partition coefficient (Wildman–Crippen LogP) is 5.17. The number of ether oxygens (including phenoxy) is 2. The van der Waals surface area contributed by atoms with Gasteiger partial charge in [-0.05, 0) is 45.0 Å². The average molecular weight is 807 g/mol. The Hall–Kier alpha value is -4.91. The van der Waals surface area contributed by atoms with E-state index in [0.717, 1.165) is 11.3 Å². The number of imide groups is 1. The third-order valence-electron chi connectivity index (χ3n) is 6.69. The summed E-state index contributed by atoms with van der Waals surface area (Å²) in [6, 6.07) is 5.54. The van der Waals surface area contributed by atoms with E-state index in [2.05, 4.69) is 55.5 Å². The summed E-state index contributed by atoms with van der Waals surface area (Å²) in [6.07, 6.45) is 5.78. The summed E-state index contributed by atoms with van der Waals surface area (Å²) in [6.45, 7) is 19.9. The molecular weight excluding hydrogens is 736 g/mol. The number of hydrogen-bond acceptors (Lipinski definition) is 11. The Morgan fingerprint density at radius 1 is 1.04 bits per heavy atom. The smallest absolute Gasteiger partial charge is 0.332 e. The summed E-state index contributed by atoms with van der Waals surface area (Å²) in [4.78, 5) is 77.0. The standard InChI is InChI=1S/C18H19NO7.C13H20N2O4.C4H11N.C3H8.2C2H6/c1-11(21)25-9-13-2-4-14(19-10-20)6-12(13)3-5-16-7-15(22)8-17(26-16)18(23)24;1-2-6-13(19)15(11-17)9-5-3-4-7-12(18)14-8-10-16;1-4(2)5-3;1-3-2;2*1-2/h2,4,6,10,15-17,22H,7-9H2,1H3,(H,19,20)(H,23,24);2,6,10-11H,3-5,7-9H2,1H3,(H,14,18);4-5H,1-3H3;3H2,1-2H3;2*1-2H3/b;6-2-;;;;. The van der Waals surface area contributed by atoms with Crippen molar-refractivity contribution >= 4 is 48.5 Å². The third-order valence-corrected chi connectivity index (χ3v) is 6.69. The number of carboxylic acids is 1. The number of nitrogens with zero attached hydrogens (tertiary/aromatic N) is 1. The molecule has 57 heavy (non-hydrogen) atoms. The maximum absolute atomic E-state index is 11.4. The molecule has 0 saturated carbocycles. The first-order chi connectivity index (χ1) is 27.2. The van der Waals surface area contributed by atoms with Gasteiger partial charge in [-0.25, -0.2) is 4.79 Å². The predicted molar refractivity (Wildman–Crippen MR) is 223 cm³/mol. The second kappa shape index (κ2) is 40.7. The van der Waals surface area contributed by atoms with E-state index < -0.39 is 30.3 Å². The van der Waals surface area contributed by atoms with Crippen LogP contribution in [-0.2, 0) is 49.6 Å². The van der Waals surface area contributed by atoms with Gasteiger partial charge in [0.05, 0.1) is 12.6 Å². The molecule has 3 unspecified atom stereocenters. The number of aldehydes is 1. The number of aliphatic carboxylic acids is 1. The van der Waals surface area contributed by atoms with Gasteiger partial charge in [0.25, 0.3) is 5.91 Å². The maximum atomic E-state index is 11.4.